The van der Waals surface area contributed by atoms with Gasteiger partial charge in [0.05, 0.1) is 11.1 Å². The zero-order chi connectivity index (χ0) is 29.7. The van der Waals surface area contributed by atoms with E-state index in [1.165, 1.54) is 38.3 Å². The molecule has 0 aliphatic carbocycles. The lowest BCUT2D eigenvalue weighted by molar-refractivity contribution is -0.556. The van der Waals surface area contributed by atoms with E-state index < -0.39 is 0 Å². The van der Waals surface area contributed by atoms with Crippen LogP contribution in [-0.2, 0) is 0 Å². The average molecular weight is 597 g/mol. The molecular weight excluding hydrogens is 569 g/mol. The number of fused-ring (bicyclic) bond motifs is 6. The fourth-order valence-electron chi connectivity index (χ4n) is 6.56. The van der Waals surface area contributed by atoms with Crippen LogP contribution in [0.2, 0.25) is 0 Å². The van der Waals surface area contributed by atoms with Crippen LogP contribution in [0.25, 0.3) is 66.3 Å². The van der Waals surface area contributed by atoms with E-state index in [2.05, 4.69) is 187 Å². The van der Waals surface area contributed by atoms with Crippen LogP contribution in [0.5, 0.6) is 0 Å². The molecule has 0 aliphatic heterocycles. The molecule has 0 saturated carbocycles. The van der Waals surface area contributed by atoms with Crippen LogP contribution in [0.3, 0.4) is 0 Å². The highest BCUT2D eigenvalue weighted by atomic mass is 32.1. The third-order valence-corrected chi connectivity index (χ3v) is 9.52. The number of aromatic nitrogens is 4. The number of nitrogens with zero attached hydrogens (tertiary/aromatic N) is 4. The number of rotatable bonds is 4. The van der Waals surface area contributed by atoms with E-state index in [4.69, 9.17) is 0 Å². The molecule has 0 saturated heterocycles. The highest BCUT2D eigenvalue weighted by Crippen LogP contribution is 2.31. The quantitative estimate of drug-likeness (QED) is 0.149. The van der Waals surface area contributed by atoms with Crippen LogP contribution in [0, 0.1) is 0 Å². The fraction of sp³-hybridized carbons (Fsp3) is 0. The Morgan fingerprint density at radius 2 is 0.978 bits per heavy atom. The molecule has 0 unspecified atom stereocenters. The lowest BCUT2D eigenvalue weighted by Gasteiger charge is -2.08. The normalized spacial score (nSPS) is 11.6. The summed E-state index contributed by atoms with van der Waals surface area (Å²) in [7, 11) is 0. The lowest BCUT2D eigenvalue weighted by Crippen LogP contribution is -2.36. The molecule has 9 rings (SSSR count). The van der Waals surface area contributed by atoms with Gasteiger partial charge in [-0.1, -0.05) is 36.4 Å². The van der Waals surface area contributed by atoms with Gasteiger partial charge >= 0.3 is 0 Å². The van der Waals surface area contributed by atoms with Gasteiger partial charge in [-0.3, -0.25) is 0 Å². The summed E-state index contributed by atoms with van der Waals surface area (Å²) in [5.41, 5.74) is 12.9. The second kappa shape index (κ2) is 10.4. The first-order chi connectivity index (χ1) is 22.3. The van der Waals surface area contributed by atoms with Crippen LogP contribution < -0.4 is 17.6 Å². The molecule has 0 atom stereocenters. The summed E-state index contributed by atoms with van der Waals surface area (Å²) in [6.45, 7) is 0. The molecule has 0 bridgehead atoms. The first-order valence-corrected chi connectivity index (χ1v) is 16.0. The van der Waals surface area contributed by atoms with Gasteiger partial charge in [0.15, 0.2) is 24.8 Å². The predicted octanol–water partition coefficient (Wildman–Crippen LogP) is 7.37. The Morgan fingerprint density at radius 1 is 0.400 bits per heavy atom. The minimum absolute atomic E-state index is 1.16. The molecule has 0 fully saturated rings. The Hall–Kier alpha value is -5.78. The van der Waals surface area contributed by atoms with Crippen molar-refractivity contribution in [2.45, 2.75) is 0 Å². The minimum Gasteiger partial charge on any atom is -0.155 e. The third-order valence-electron chi connectivity index (χ3n) is 8.63. The van der Waals surface area contributed by atoms with Gasteiger partial charge in [0.2, 0.25) is 6.20 Å². The van der Waals surface area contributed by atoms with Gasteiger partial charge in [0.25, 0.3) is 39.1 Å². The molecule has 45 heavy (non-hydrogen) atoms. The van der Waals surface area contributed by atoms with E-state index in [0.717, 1.165) is 28.0 Å². The average Bonchev–Trinajstić information content (AvgIpc) is 3.66. The smallest absolute Gasteiger partial charge is 0.155 e. The van der Waals surface area contributed by atoms with Crippen molar-refractivity contribution >= 4 is 33.4 Å². The first-order valence-electron chi connectivity index (χ1n) is 15.1. The first kappa shape index (κ1) is 25.7. The summed E-state index contributed by atoms with van der Waals surface area (Å²) in [6, 6.07) is 47.7. The molecule has 0 spiro atoms. The van der Waals surface area contributed by atoms with Crippen molar-refractivity contribution < 1.29 is 17.6 Å². The van der Waals surface area contributed by atoms with Gasteiger partial charge in [-0.05, 0) is 65.0 Å². The van der Waals surface area contributed by atoms with Gasteiger partial charge < -0.3 is 0 Å². The lowest BCUT2D eigenvalue weighted by atomic mass is 9.99. The number of benzene rings is 2. The SMILES string of the molecule is c1ccc(-c2c(-c3ccc(-c4cc[n+]5cc(-c6cccs6)[n+]6ccccc6c5c4)cc3)[n+]3ccccc3c3cccc[n+]23)cc1. The van der Waals surface area contributed by atoms with E-state index in [1.54, 1.807) is 11.3 Å². The number of hydrogen-bond donors (Lipinski definition) is 0. The number of hydrogen-bond acceptors (Lipinski definition) is 1. The molecule has 4 nitrogen and oxygen atoms in total. The van der Waals surface area contributed by atoms with Crippen molar-refractivity contribution in [3.63, 3.8) is 0 Å². The summed E-state index contributed by atoms with van der Waals surface area (Å²) >= 11 is 1.76. The summed E-state index contributed by atoms with van der Waals surface area (Å²) in [4.78, 5) is 1.25. The van der Waals surface area contributed by atoms with Gasteiger partial charge in [0.1, 0.15) is 4.88 Å². The molecule has 7 heterocycles. The molecule has 7 aromatic heterocycles. The molecular formula is C40H28N4S+4. The van der Waals surface area contributed by atoms with Gasteiger partial charge in [-0.25, -0.2) is 0 Å². The third kappa shape index (κ3) is 4.20. The minimum atomic E-state index is 1.16. The topological polar surface area (TPSA) is 16.4 Å². The van der Waals surface area contributed by atoms with E-state index in [-0.39, 0.29) is 0 Å². The maximum Gasteiger partial charge on any atom is 0.293 e. The Bertz CT molecular complexity index is 2520. The van der Waals surface area contributed by atoms with Crippen LogP contribution >= 0.6 is 11.3 Å². The van der Waals surface area contributed by atoms with E-state index in [9.17, 15) is 0 Å². The fourth-order valence-corrected chi connectivity index (χ4v) is 7.29. The predicted molar refractivity (Wildman–Crippen MR) is 179 cm³/mol. The molecule has 5 heteroatoms. The molecule has 2 aromatic carbocycles. The van der Waals surface area contributed by atoms with Gasteiger partial charge in [0, 0.05) is 48.5 Å². The Balaban J connectivity index is 1.22. The van der Waals surface area contributed by atoms with Crippen molar-refractivity contribution in [3.05, 3.63) is 170 Å². The van der Waals surface area contributed by atoms with Crippen molar-refractivity contribution in [1.82, 2.24) is 0 Å². The Labute approximate surface area is 264 Å². The van der Waals surface area contributed by atoms with E-state index in [1.807, 2.05) is 0 Å². The van der Waals surface area contributed by atoms with E-state index in [0.29, 0.717) is 0 Å². The second-order valence-corrected chi connectivity index (χ2v) is 12.2. The second-order valence-electron chi connectivity index (χ2n) is 11.2. The highest BCUT2D eigenvalue weighted by Gasteiger charge is 2.31. The molecule has 210 valence electrons. The molecule has 9 aromatic rings. The zero-order valence-electron chi connectivity index (χ0n) is 24.4. The zero-order valence-corrected chi connectivity index (χ0v) is 25.2. The standard InChI is InChI=1S/C40H28N4S/c1-2-11-30(12-3-1)39-40(44-24-9-6-14-34(44)33-13-5-8-23-43(33)39)31-19-17-29(18-20-31)32-21-25-41-28-37(38-16-10-26-45-38)42-22-7-4-15-35(42)36(41)27-32/h1-28H/q+4. The van der Waals surface area contributed by atoms with Crippen molar-refractivity contribution in [2.24, 2.45) is 0 Å². The number of thiophene rings is 1. The number of pyridine rings is 4. The van der Waals surface area contributed by atoms with Crippen molar-refractivity contribution in [2.75, 3.05) is 0 Å². The van der Waals surface area contributed by atoms with Crippen molar-refractivity contribution in [3.8, 4) is 44.2 Å². The molecule has 0 N–H and O–H groups in total. The summed E-state index contributed by atoms with van der Waals surface area (Å²) in [5, 5.41) is 2.13. The Morgan fingerprint density at radius 3 is 1.62 bits per heavy atom. The summed E-state index contributed by atoms with van der Waals surface area (Å²) in [6.07, 6.45) is 10.9. The monoisotopic (exact) mass is 596 g/mol. The molecule has 0 radical (unpaired) electrons. The van der Waals surface area contributed by atoms with Crippen LogP contribution in [0.1, 0.15) is 0 Å². The summed E-state index contributed by atoms with van der Waals surface area (Å²) < 4.78 is 9.18. The largest absolute Gasteiger partial charge is 0.293 e. The highest BCUT2D eigenvalue weighted by molar-refractivity contribution is 7.13. The molecule has 0 amide bonds. The summed E-state index contributed by atoms with van der Waals surface area (Å²) in [5.74, 6) is 0. The van der Waals surface area contributed by atoms with E-state index >= 15 is 0 Å². The van der Waals surface area contributed by atoms with Crippen LogP contribution in [0.4, 0.5) is 0 Å². The maximum atomic E-state index is 2.33. The van der Waals surface area contributed by atoms with Crippen molar-refractivity contribution in [1.29, 1.82) is 0 Å². The maximum absolute atomic E-state index is 2.33. The van der Waals surface area contributed by atoms with Gasteiger partial charge in [-0.15, -0.1) is 24.5 Å². The van der Waals surface area contributed by atoms with Gasteiger partial charge in [-0.2, -0.15) is 4.40 Å². The van der Waals surface area contributed by atoms with Crippen LogP contribution in [-0.4, -0.2) is 0 Å². The Kier molecular flexibility index (Phi) is 5.96. The van der Waals surface area contributed by atoms with Crippen LogP contribution in [0.15, 0.2) is 170 Å². The molecule has 0 aliphatic rings.